The zero-order valence-corrected chi connectivity index (χ0v) is 14.1. The molecule has 0 heterocycles. The van der Waals surface area contributed by atoms with Crippen molar-refractivity contribution in [1.29, 1.82) is 0 Å². The standard InChI is InChI=1S/C18H26N2O3/c1-4-12(2)16(17(21)23-3)20-18(22)19-15-11-7-9-13-8-5-6-10-14(13)15/h5-6,8,10,12,15-16H,4,7,9,11H2,1-3H3,(H2,19,20,22)/t12-,15-,16-/m0/s1. The molecular weight excluding hydrogens is 292 g/mol. The predicted molar refractivity (Wildman–Crippen MR) is 89.0 cm³/mol. The van der Waals surface area contributed by atoms with E-state index in [4.69, 9.17) is 4.74 Å². The fourth-order valence-electron chi connectivity index (χ4n) is 3.04. The van der Waals surface area contributed by atoms with Gasteiger partial charge in [-0.2, -0.15) is 0 Å². The number of esters is 1. The summed E-state index contributed by atoms with van der Waals surface area (Å²) in [6.07, 6.45) is 3.80. The van der Waals surface area contributed by atoms with Crippen LogP contribution >= 0.6 is 0 Å². The van der Waals surface area contributed by atoms with E-state index in [0.717, 1.165) is 25.7 Å². The number of amides is 2. The van der Waals surface area contributed by atoms with Crippen molar-refractivity contribution in [1.82, 2.24) is 10.6 Å². The molecule has 5 heteroatoms. The van der Waals surface area contributed by atoms with Gasteiger partial charge in [-0.3, -0.25) is 0 Å². The maximum atomic E-state index is 12.3. The number of carbonyl (C=O) groups excluding carboxylic acids is 2. The van der Waals surface area contributed by atoms with Gasteiger partial charge in [0.15, 0.2) is 0 Å². The molecule has 1 aliphatic rings. The first-order chi connectivity index (χ1) is 11.1. The molecule has 0 radical (unpaired) electrons. The first-order valence-electron chi connectivity index (χ1n) is 8.29. The van der Waals surface area contributed by atoms with E-state index in [-0.39, 0.29) is 18.0 Å². The lowest BCUT2D eigenvalue weighted by Gasteiger charge is -2.28. The molecular formula is C18H26N2O3. The van der Waals surface area contributed by atoms with Crippen molar-refractivity contribution in [2.24, 2.45) is 5.92 Å². The quantitative estimate of drug-likeness (QED) is 0.820. The van der Waals surface area contributed by atoms with E-state index in [1.54, 1.807) is 0 Å². The second-order valence-electron chi connectivity index (χ2n) is 6.15. The normalized spacial score (nSPS) is 19.2. The molecule has 1 aromatic carbocycles. The lowest BCUT2D eigenvalue weighted by Crippen LogP contribution is -2.50. The van der Waals surface area contributed by atoms with Crippen LogP contribution in [-0.4, -0.2) is 25.2 Å². The Balaban J connectivity index is 2.03. The summed E-state index contributed by atoms with van der Waals surface area (Å²) < 4.78 is 4.80. The van der Waals surface area contributed by atoms with Gasteiger partial charge in [0.25, 0.3) is 0 Å². The largest absolute Gasteiger partial charge is 0.467 e. The summed E-state index contributed by atoms with van der Waals surface area (Å²) in [4.78, 5) is 24.2. The second-order valence-corrected chi connectivity index (χ2v) is 6.15. The Labute approximate surface area is 137 Å². The smallest absolute Gasteiger partial charge is 0.328 e. The molecule has 3 atom stereocenters. The lowest BCUT2D eigenvalue weighted by molar-refractivity contribution is -0.144. The number of hydrogen-bond donors (Lipinski definition) is 2. The number of rotatable bonds is 5. The summed E-state index contributed by atoms with van der Waals surface area (Å²) in [6, 6.07) is 7.25. The third-order valence-corrected chi connectivity index (χ3v) is 4.63. The van der Waals surface area contributed by atoms with E-state index in [0.29, 0.717) is 0 Å². The molecule has 2 rings (SSSR count). The predicted octanol–water partition coefficient (Wildman–Crippen LogP) is 2.95. The summed E-state index contributed by atoms with van der Waals surface area (Å²) in [5.41, 5.74) is 2.46. The molecule has 0 saturated heterocycles. The molecule has 1 aliphatic carbocycles. The van der Waals surface area contributed by atoms with Crippen LogP contribution in [0.25, 0.3) is 0 Å². The minimum absolute atomic E-state index is 0.00446. The molecule has 0 bridgehead atoms. The van der Waals surface area contributed by atoms with Crippen molar-refractivity contribution in [2.75, 3.05) is 7.11 Å². The number of methoxy groups -OCH3 is 1. The van der Waals surface area contributed by atoms with Gasteiger partial charge in [0, 0.05) is 0 Å². The van der Waals surface area contributed by atoms with Crippen molar-refractivity contribution in [2.45, 2.75) is 51.6 Å². The third-order valence-electron chi connectivity index (χ3n) is 4.63. The summed E-state index contributed by atoms with van der Waals surface area (Å²) in [7, 11) is 1.34. The number of ether oxygens (including phenoxy) is 1. The van der Waals surface area contributed by atoms with Crippen molar-refractivity contribution in [3.8, 4) is 0 Å². The number of hydrogen-bond acceptors (Lipinski definition) is 3. The van der Waals surface area contributed by atoms with Gasteiger partial charge in [0.1, 0.15) is 6.04 Å². The van der Waals surface area contributed by atoms with Gasteiger partial charge in [-0.15, -0.1) is 0 Å². The van der Waals surface area contributed by atoms with E-state index in [1.807, 2.05) is 26.0 Å². The van der Waals surface area contributed by atoms with Crippen LogP contribution in [0.2, 0.25) is 0 Å². The Bertz CT molecular complexity index is 559. The second kappa shape index (κ2) is 7.99. The Kier molecular flexibility index (Phi) is 6.02. The third kappa shape index (κ3) is 4.24. The summed E-state index contributed by atoms with van der Waals surface area (Å²) in [5, 5.41) is 5.78. The van der Waals surface area contributed by atoms with Crippen LogP contribution in [0.4, 0.5) is 4.79 Å². The average Bonchev–Trinajstić information content (AvgIpc) is 2.58. The number of carbonyl (C=O) groups is 2. The van der Waals surface area contributed by atoms with Crippen LogP contribution in [0.15, 0.2) is 24.3 Å². The lowest BCUT2D eigenvalue weighted by atomic mass is 9.88. The highest BCUT2D eigenvalue weighted by Crippen LogP contribution is 2.29. The van der Waals surface area contributed by atoms with Gasteiger partial charge >= 0.3 is 12.0 Å². The molecule has 0 aliphatic heterocycles. The van der Waals surface area contributed by atoms with Crippen LogP contribution in [0.5, 0.6) is 0 Å². The Hall–Kier alpha value is -2.04. The first kappa shape index (κ1) is 17.3. The Morgan fingerprint density at radius 3 is 2.78 bits per heavy atom. The zero-order valence-electron chi connectivity index (χ0n) is 14.1. The molecule has 126 valence electrons. The molecule has 23 heavy (non-hydrogen) atoms. The van der Waals surface area contributed by atoms with Gasteiger partial charge in [-0.1, -0.05) is 44.5 Å². The van der Waals surface area contributed by atoms with Crippen LogP contribution in [0.3, 0.4) is 0 Å². The van der Waals surface area contributed by atoms with Gasteiger partial charge in [-0.25, -0.2) is 9.59 Å². The number of urea groups is 1. The molecule has 2 N–H and O–H groups in total. The minimum Gasteiger partial charge on any atom is -0.467 e. The highest BCUT2D eigenvalue weighted by molar-refractivity contribution is 5.84. The van der Waals surface area contributed by atoms with Crippen LogP contribution in [0.1, 0.15) is 50.3 Å². The van der Waals surface area contributed by atoms with Crippen LogP contribution < -0.4 is 10.6 Å². The topological polar surface area (TPSA) is 67.4 Å². The molecule has 0 unspecified atom stereocenters. The molecule has 0 aromatic heterocycles. The summed E-state index contributed by atoms with van der Waals surface area (Å²) >= 11 is 0. The Morgan fingerprint density at radius 1 is 1.35 bits per heavy atom. The fourth-order valence-corrected chi connectivity index (χ4v) is 3.04. The Morgan fingerprint density at radius 2 is 2.09 bits per heavy atom. The van der Waals surface area contributed by atoms with Gasteiger partial charge < -0.3 is 15.4 Å². The molecule has 5 nitrogen and oxygen atoms in total. The van der Waals surface area contributed by atoms with Gasteiger partial charge in [0.05, 0.1) is 13.2 Å². The summed E-state index contributed by atoms with van der Waals surface area (Å²) in [5.74, 6) is -0.384. The van der Waals surface area contributed by atoms with Crippen LogP contribution in [-0.2, 0) is 16.0 Å². The maximum Gasteiger partial charge on any atom is 0.328 e. The van der Waals surface area contributed by atoms with E-state index < -0.39 is 12.0 Å². The van der Waals surface area contributed by atoms with Gasteiger partial charge in [0.2, 0.25) is 0 Å². The van der Waals surface area contributed by atoms with Crippen molar-refractivity contribution in [3.63, 3.8) is 0 Å². The van der Waals surface area contributed by atoms with E-state index in [2.05, 4.69) is 22.8 Å². The monoisotopic (exact) mass is 318 g/mol. The fraction of sp³-hybridized carbons (Fsp3) is 0.556. The highest BCUT2D eigenvalue weighted by atomic mass is 16.5. The maximum absolute atomic E-state index is 12.3. The van der Waals surface area contributed by atoms with E-state index >= 15 is 0 Å². The molecule has 2 amide bonds. The first-order valence-corrected chi connectivity index (χ1v) is 8.29. The van der Waals surface area contributed by atoms with Gasteiger partial charge in [-0.05, 0) is 36.3 Å². The zero-order chi connectivity index (χ0) is 16.8. The number of fused-ring (bicyclic) bond motifs is 1. The molecule has 1 aromatic rings. The number of aryl methyl sites for hydroxylation is 1. The summed E-state index contributed by atoms with van der Waals surface area (Å²) in [6.45, 7) is 3.91. The highest BCUT2D eigenvalue weighted by Gasteiger charge is 2.28. The minimum atomic E-state index is -0.621. The molecule has 0 fully saturated rings. The molecule has 0 saturated carbocycles. The average molecular weight is 318 g/mol. The number of nitrogens with one attached hydrogen (secondary N) is 2. The van der Waals surface area contributed by atoms with E-state index in [9.17, 15) is 9.59 Å². The van der Waals surface area contributed by atoms with Crippen molar-refractivity contribution >= 4 is 12.0 Å². The van der Waals surface area contributed by atoms with E-state index in [1.165, 1.54) is 18.2 Å². The van der Waals surface area contributed by atoms with Crippen molar-refractivity contribution in [3.05, 3.63) is 35.4 Å². The SMILES string of the molecule is CC[C@H](C)[C@H](NC(=O)N[C@H]1CCCc2ccccc21)C(=O)OC. The number of benzene rings is 1. The van der Waals surface area contributed by atoms with Crippen LogP contribution in [0, 0.1) is 5.92 Å². The van der Waals surface area contributed by atoms with Crippen molar-refractivity contribution < 1.29 is 14.3 Å². The molecule has 0 spiro atoms.